The third-order valence-corrected chi connectivity index (χ3v) is 14.5. The Morgan fingerprint density at radius 2 is 1.36 bits per heavy atom. The predicted molar refractivity (Wildman–Crippen MR) is 202 cm³/mol. The first-order valence-corrected chi connectivity index (χ1v) is 21.6. The highest BCUT2D eigenvalue weighted by Gasteiger charge is 2.59. The van der Waals surface area contributed by atoms with Crippen molar-refractivity contribution in [3.8, 4) is 0 Å². The van der Waals surface area contributed by atoms with Gasteiger partial charge in [0.25, 0.3) is 0 Å². The van der Waals surface area contributed by atoms with E-state index in [2.05, 4.69) is 47.6 Å². The van der Waals surface area contributed by atoms with Crippen molar-refractivity contribution < 1.29 is 9.53 Å². The zero-order valence-electron chi connectivity index (χ0n) is 32.5. The lowest BCUT2D eigenvalue weighted by Crippen LogP contribution is -2.51. The smallest absolute Gasteiger partial charge is 0.306 e. The fourth-order valence-corrected chi connectivity index (χ4v) is 11.6. The predicted octanol–water partition coefficient (Wildman–Crippen LogP) is 14.2. The van der Waals surface area contributed by atoms with Gasteiger partial charge in [-0.15, -0.1) is 0 Å². The average molecular weight is 655 g/mol. The molecule has 0 amide bonds. The first-order chi connectivity index (χ1) is 22.7. The van der Waals surface area contributed by atoms with E-state index in [-0.39, 0.29) is 12.1 Å². The number of carbonyl (C=O) groups is 1. The van der Waals surface area contributed by atoms with Crippen molar-refractivity contribution in [2.24, 2.45) is 46.3 Å². The third-order valence-electron chi connectivity index (χ3n) is 14.5. The van der Waals surface area contributed by atoms with Crippen molar-refractivity contribution in [2.75, 3.05) is 0 Å². The molecule has 0 aromatic carbocycles. The molecule has 0 unspecified atom stereocenters. The number of ether oxygens (including phenoxy) is 1. The fourth-order valence-electron chi connectivity index (χ4n) is 11.6. The highest BCUT2D eigenvalue weighted by molar-refractivity contribution is 5.69. The van der Waals surface area contributed by atoms with Gasteiger partial charge in [-0.2, -0.15) is 0 Å². The summed E-state index contributed by atoms with van der Waals surface area (Å²) >= 11 is 0. The molecule has 4 rings (SSSR count). The molecule has 0 bridgehead atoms. The first-order valence-electron chi connectivity index (χ1n) is 21.6. The van der Waals surface area contributed by atoms with Crippen LogP contribution in [0.4, 0.5) is 0 Å². The molecule has 0 aliphatic heterocycles. The van der Waals surface area contributed by atoms with Crippen LogP contribution in [-0.2, 0) is 9.53 Å². The maximum Gasteiger partial charge on any atom is 0.306 e. The molecule has 2 heteroatoms. The van der Waals surface area contributed by atoms with E-state index in [4.69, 9.17) is 4.74 Å². The van der Waals surface area contributed by atoms with Crippen LogP contribution in [0.3, 0.4) is 0 Å². The van der Waals surface area contributed by atoms with Crippen LogP contribution in [0.5, 0.6) is 0 Å². The molecule has 4 aliphatic rings. The van der Waals surface area contributed by atoms with Gasteiger partial charge in [-0.05, 0) is 97.7 Å². The van der Waals surface area contributed by atoms with E-state index in [1.807, 2.05) is 0 Å². The molecular weight excluding hydrogens is 574 g/mol. The van der Waals surface area contributed by atoms with E-state index >= 15 is 0 Å². The molecule has 2 nitrogen and oxygen atoms in total. The molecule has 272 valence electrons. The molecule has 3 fully saturated rings. The summed E-state index contributed by atoms with van der Waals surface area (Å²) in [5, 5.41) is 0. The van der Waals surface area contributed by atoms with E-state index in [0.717, 1.165) is 54.8 Å². The summed E-state index contributed by atoms with van der Waals surface area (Å²) in [6, 6.07) is 0. The highest BCUT2D eigenvalue weighted by atomic mass is 16.6. The highest BCUT2D eigenvalue weighted by Crippen LogP contribution is 2.67. The van der Waals surface area contributed by atoms with Gasteiger partial charge in [0.2, 0.25) is 0 Å². The van der Waals surface area contributed by atoms with Crippen LogP contribution >= 0.6 is 0 Å². The monoisotopic (exact) mass is 655 g/mol. The van der Waals surface area contributed by atoms with Gasteiger partial charge in [0.05, 0.1) is 0 Å². The van der Waals surface area contributed by atoms with E-state index in [9.17, 15) is 4.79 Å². The molecular formula is C45H80O2. The Balaban J connectivity index is 1.10. The number of fused-ring (bicyclic) bond motifs is 5. The third kappa shape index (κ3) is 10.8. The lowest BCUT2D eigenvalue weighted by molar-refractivity contribution is -0.151. The van der Waals surface area contributed by atoms with Gasteiger partial charge < -0.3 is 4.74 Å². The van der Waals surface area contributed by atoms with Crippen molar-refractivity contribution in [3.63, 3.8) is 0 Å². The van der Waals surface area contributed by atoms with Crippen LogP contribution in [0.1, 0.15) is 215 Å². The molecule has 0 spiro atoms. The maximum atomic E-state index is 12.8. The Bertz CT molecular complexity index is 934. The van der Waals surface area contributed by atoms with Gasteiger partial charge in [0, 0.05) is 12.8 Å². The lowest BCUT2D eigenvalue weighted by atomic mass is 9.48. The van der Waals surface area contributed by atoms with Crippen LogP contribution < -0.4 is 0 Å². The number of rotatable bonds is 22. The number of carbonyl (C=O) groups excluding carboxylic acids is 1. The second-order valence-corrected chi connectivity index (χ2v) is 18.3. The van der Waals surface area contributed by atoms with Crippen molar-refractivity contribution in [2.45, 2.75) is 221 Å². The number of allylic oxidation sites excluding steroid dienone is 1. The zero-order valence-corrected chi connectivity index (χ0v) is 32.5. The summed E-state index contributed by atoms with van der Waals surface area (Å²) < 4.78 is 6.13. The lowest BCUT2D eigenvalue weighted by Gasteiger charge is -2.58. The summed E-state index contributed by atoms with van der Waals surface area (Å²) in [5.41, 5.74) is 2.54. The van der Waals surface area contributed by atoms with Gasteiger partial charge in [0.1, 0.15) is 6.10 Å². The Morgan fingerprint density at radius 1 is 0.745 bits per heavy atom. The standard InChI is InChI=1S/C45H80O2/c1-7-8-9-10-11-12-13-14-15-16-17-18-19-20-21-25-43(46)47-38-30-32-44(5)37(34-38)26-27-39-41-29-28-40(36(4)24-22-23-35(2)3)45(41,6)33-31-42(39)44/h26,35-36,38-42H,7-25,27-34H2,1-6H3/t36-,38+,39+,40-,41+,42+,44+,45-/m1/s1/i34+1,38+1. The quantitative estimate of drug-likeness (QED) is 0.0502. The molecule has 0 aromatic heterocycles. The largest absolute Gasteiger partial charge is 0.462 e. The molecule has 0 N–H and O–H groups in total. The molecule has 0 saturated heterocycles. The minimum absolute atomic E-state index is 0.0653. The average Bonchev–Trinajstić information content (AvgIpc) is 3.40. The first kappa shape index (κ1) is 39.0. The normalized spacial score (nSPS) is 32.4. The molecule has 0 radical (unpaired) electrons. The minimum atomic E-state index is 0.0653. The molecule has 47 heavy (non-hydrogen) atoms. The van der Waals surface area contributed by atoms with Gasteiger partial charge in [-0.1, -0.05) is 162 Å². The number of hydrogen-bond donors (Lipinski definition) is 0. The second-order valence-electron chi connectivity index (χ2n) is 18.3. The van der Waals surface area contributed by atoms with Gasteiger partial charge in [-0.3, -0.25) is 4.79 Å². The molecule has 4 aliphatic carbocycles. The van der Waals surface area contributed by atoms with Crippen LogP contribution in [0.2, 0.25) is 0 Å². The summed E-state index contributed by atoms with van der Waals surface area (Å²) in [7, 11) is 0. The Morgan fingerprint density at radius 3 is 1.98 bits per heavy atom. The van der Waals surface area contributed by atoms with Gasteiger partial charge in [-0.25, -0.2) is 0 Å². The number of hydrogen-bond acceptors (Lipinski definition) is 2. The zero-order chi connectivity index (χ0) is 33.7. The van der Waals surface area contributed by atoms with Gasteiger partial charge in [0.15, 0.2) is 0 Å². The molecule has 0 heterocycles. The molecule has 3 saturated carbocycles. The fraction of sp³-hybridized carbons (Fsp3) is 0.933. The van der Waals surface area contributed by atoms with Crippen molar-refractivity contribution in [3.05, 3.63) is 11.6 Å². The molecule has 0 aromatic rings. The van der Waals surface area contributed by atoms with E-state index in [1.54, 1.807) is 5.57 Å². The summed E-state index contributed by atoms with van der Waals surface area (Å²) in [5.74, 6) is 5.34. The summed E-state index contributed by atoms with van der Waals surface area (Å²) in [6.07, 6.45) is 38.4. The summed E-state index contributed by atoms with van der Waals surface area (Å²) in [6.45, 7) is 15.0. The summed E-state index contributed by atoms with van der Waals surface area (Å²) in [4.78, 5) is 12.8. The van der Waals surface area contributed by atoms with E-state index in [1.165, 1.54) is 148 Å². The van der Waals surface area contributed by atoms with Crippen LogP contribution in [0.15, 0.2) is 11.6 Å². The number of unbranched alkanes of at least 4 members (excludes halogenated alkanes) is 14. The number of esters is 1. The van der Waals surface area contributed by atoms with Crippen molar-refractivity contribution >= 4 is 5.97 Å². The van der Waals surface area contributed by atoms with E-state index < -0.39 is 0 Å². The topological polar surface area (TPSA) is 26.3 Å². The van der Waals surface area contributed by atoms with Crippen molar-refractivity contribution in [1.29, 1.82) is 0 Å². The molecule has 8 atom stereocenters. The van der Waals surface area contributed by atoms with Crippen LogP contribution in [0.25, 0.3) is 0 Å². The SMILES string of the molecule is CCCCCCCCCCCCCCCCCC(=O)O[13C@H]1CC[C@@]2(C)C(=CC[C@H]3[C@@H]4CC[C@H]([C@H](C)CCCC(C)C)[C@@]4(C)CC[C@@H]32)[13CH2]1. The van der Waals surface area contributed by atoms with Crippen LogP contribution in [0, 0.1) is 46.3 Å². The maximum absolute atomic E-state index is 12.8. The Labute approximate surface area is 293 Å². The second kappa shape index (κ2) is 19.6. The van der Waals surface area contributed by atoms with E-state index in [0.29, 0.717) is 17.3 Å². The van der Waals surface area contributed by atoms with Crippen molar-refractivity contribution in [1.82, 2.24) is 0 Å². The Kier molecular flexibility index (Phi) is 16.2. The van der Waals surface area contributed by atoms with Crippen LogP contribution in [-0.4, -0.2) is 12.1 Å². The Hall–Kier alpha value is -0.790. The minimum Gasteiger partial charge on any atom is -0.462 e. The van der Waals surface area contributed by atoms with Gasteiger partial charge >= 0.3 is 5.97 Å².